The van der Waals surface area contributed by atoms with E-state index in [2.05, 4.69) is 10.6 Å². The average Bonchev–Trinajstić information content (AvgIpc) is 2.56. The van der Waals surface area contributed by atoms with E-state index in [1.165, 1.54) is 30.5 Å². The third-order valence-corrected chi connectivity index (χ3v) is 4.25. The molecule has 1 amide bonds. The molecule has 2 rings (SSSR count). The molecule has 0 aliphatic heterocycles. The Bertz CT molecular complexity index is 958. The number of nitriles is 1. The second-order valence-electron chi connectivity index (χ2n) is 5.15. The van der Waals surface area contributed by atoms with Crippen molar-refractivity contribution in [2.45, 2.75) is 11.8 Å². The minimum absolute atomic E-state index is 0.0669. The number of rotatable bonds is 5. The van der Waals surface area contributed by atoms with Gasteiger partial charge in [-0.1, -0.05) is 18.2 Å². The molecule has 8 heteroatoms. The van der Waals surface area contributed by atoms with Crippen molar-refractivity contribution < 1.29 is 13.2 Å². The van der Waals surface area contributed by atoms with Crippen LogP contribution < -0.4 is 15.8 Å². The van der Waals surface area contributed by atoms with E-state index in [0.717, 1.165) is 11.3 Å². The van der Waals surface area contributed by atoms with Gasteiger partial charge in [0.05, 0.1) is 4.90 Å². The molecule has 0 unspecified atom stereocenters. The molecule has 0 atom stereocenters. The van der Waals surface area contributed by atoms with E-state index < -0.39 is 15.9 Å². The lowest BCUT2D eigenvalue weighted by molar-refractivity contribution is -0.112. The van der Waals surface area contributed by atoms with Gasteiger partial charge in [0.15, 0.2) is 0 Å². The fourth-order valence-electron chi connectivity index (χ4n) is 1.96. The number of hydrogen-bond donors (Lipinski definition) is 3. The molecule has 0 radical (unpaired) electrons. The molecule has 4 N–H and O–H groups in total. The number of nitrogens with two attached hydrogens (primary N) is 1. The van der Waals surface area contributed by atoms with Crippen LogP contribution in [0.2, 0.25) is 0 Å². The highest BCUT2D eigenvalue weighted by atomic mass is 32.2. The summed E-state index contributed by atoms with van der Waals surface area (Å²) in [6.07, 6.45) is 1.32. The summed E-state index contributed by atoms with van der Waals surface area (Å²) in [7, 11) is -3.80. The minimum atomic E-state index is -3.80. The van der Waals surface area contributed by atoms with Gasteiger partial charge in [0.2, 0.25) is 10.0 Å². The predicted molar refractivity (Wildman–Crippen MR) is 94.9 cm³/mol. The molecular formula is C17H16N4O3S. The Kier molecular flexibility index (Phi) is 5.54. The van der Waals surface area contributed by atoms with Crippen LogP contribution in [-0.4, -0.2) is 14.3 Å². The van der Waals surface area contributed by atoms with Gasteiger partial charge in [-0.15, -0.1) is 0 Å². The number of anilines is 2. The lowest BCUT2D eigenvalue weighted by atomic mass is 10.2. The second-order valence-corrected chi connectivity index (χ2v) is 6.71. The highest BCUT2D eigenvalue weighted by molar-refractivity contribution is 7.89. The number of para-hydroxylation sites is 1. The van der Waals surface area contributed by atoms with E-state index in [-0.39, 0.29) is 10.5 Å². The monoisotopic (exact) mass is 356 g/mol. The lowest BCUT2D eigenvalue weighted by Crippen LogP contribution is -2.15. The van der Waals surface area contributed by atoms with Crippen LogP contribution in [0.5, 0.6) is 0 Å². The second kappa shape index (κ2) is 7.61. The largest absolute Gasteiger partial charge is 0.360 e. The molecule has 128 valence electrons. The molecule has 0 aliphatic rings. The van der Waals surface area contributed by atoms with Crippen LogP contribution in [0.15, 0.2) is 65.2 Å². The molecule has 0 heterocycles. The van der Waals surface area contributed by atoms with Gasteiger partial charge in [-0.05, 0) is 42.8 Å². The van der Waals surface area contributed by atoms with Gasteiger partial charge in [0.1, 0.15) is 11.6 Å². The fraction of sp³-hybridized carbons (Fsp3) is 0.0588. The van der Waals surface area contributed by atoms with E-state index in [4.69, 9.17) is 10.4 Å². The Morgan fingerprint density at radius 1 is 1.16 bits per heavy atom. The summed E-state index contributed by atoms with van der Waals surface area (Å²) in [6.45, 7) is 1.90. The number of primary sulfonamides is 1. The van der Waals surface area contributed by atoms with Crippen molar-refractivity contribution in [3.8, 4) is 6.07 Å². The average molecular weight is 356 g/mol. The molecule has 2 aromatic rings. The molecule has 2 aromatic carbocycles. The highest BCUT2D eigenvalue weighted by Crippen LogP contribution is 2.15. The summed E-state index contributed by atoms with van der Waals surface area (Å²) in [5.41, 5.74) is 1.96. The van der Waals surface area contributed by atoms with Crippen LogP contribution in [0.1, 0.15) is 5.56 Å². The number of carbonyl (C=O) groups excluding carboxylic acids is 1. The third-order valence-electron chi connectivity index (χ3n) is 3.32. The van der Waals surface area contributed by atoms with Crippen molar-refractivity contribution in [2.75, 3.05) is 10.6 Å². The Hall–Kier alpha value is -3.15. The summed E-state index contributed by atoms with van der Waals surface area (Å²) in [6, 6.07) is 14.6. The number of carbonyl (C=O) groups is 1. The first-order chi connectivity index (χ1) is 11.8. The first-order valence-electron chi connectivity index (χ1n) is 7.18. The maximum atomic E-state index is 12.1. The first-order valence-corrected chi connectivity index (χ1v) is 8.72. The molecule has 0 aromatic heterocycles. The fourth-order valence-corrected chi connectivity index (χ4v) is 2.48. The molecule has 25 heavy (non-hydrogen) atoms. The minimum Gasteiger partial charge on any atom is -0.360 e. The maximum Gasteiger partial charge on any atom is 0.267 e. The molecule has 7 nitrogen and oxygen atoms in total. The number of hydrogen-bond acceptors (Lipinski definition) is 5. The summed E-state index contributed by atoms with van der Waals surface area (Å²) >= 11 is 0. The topological polar surface area (TPSA) is 125 Å². The zero-order chi connectivity index (χ0) is 18.4. The standard InChI is InChI=1S/C17H16N4O3S/c1-12-4-2-3-5-16(12)20-11-13(10-18)17(22)21-14-6-8-15(9-7-14)25(19,23)24/h2-9,11,20H,1H3,(H,21,22)(H2,19,23,24)/b13-11-. The van der Waals surface area contributed by atoms with Crippen molar-refractivity contribution in [1.29, 1.82) is 5.26 Å². The van der Waals surface area contributed by atoms with Gasteiger partial charge >= 0.3 is 0 Å². The van der Waals surface area contributed by atoms with Gasteiger partial charge in [-0.25, -0.2) is 13.6 Å². The summed E-state index contributed by atoms with van der Waals surface area (Å²) in [5, 5.41) is 19.6. The number of nitrogens with zero attached hydrogens (tertiary/aromatic N) is 1. The zero-order valence-corrected chi connectivity index (χ0v) is 14.2. The van der Waals surface area contributed by atoms with Crippen molar-refractivity contribution in [3.63, 3.8) is 0 Å². The van der Waals surface area contributed by atoms with Crippen LogP contribution >= 0.6 is 0 Å². The Labute approximate surface area is 145 Å². The molecular weight excluding hydrogens is 340 g/mol. The van der Waals surface area contributed by atoms with Crippen molar-refractivity contribution in [1.82, 2.24) is 0 Å². The number of sulfonamides is 1. The Balaban J connectivity index is 2.11. The van der Waals surface area contributed by atoms with Crippen LogP contribution in [0, 0.1) is 18.3 Å². The van der Waals surface area contributed by atoms with E-state index >= 15 is 0 Å². The summed E-state index contributed by atoms with van der Waals surface area (Å²) < 4.78 is 22.4. The first kappa shape index (κ1) is 18.2. The number of nitrogens with one attached hydrogen (secondary N) is 2. The van der Waals surface area contributed by atoms with Crippen molar-refractivity contribution >= 4 is 27.3 Å². The molecule has 0 aliphatic carbocycles. The SMILES string of the molecule is Cc1ccccc1N/C=C(/C#N)C(=O)Nc1ccc(S(N)(=O)=O)cc1. The van der Waals surface area contributed by atoms with Gasteiger partial charge in [-0.2, -0.15) is 5.26 Å². The summed E-state index contributed by atoms with van der Waals surface area (Å²) in [5.74, 6) is -0.619. The van der Waals surface area contributed by atoms with E-state index in [0.29, 0.717) is 5.69 Å². The number of amides is 1. The molecule has 0 fully saturated rings. The summed E-state index contributed by atoms with van der Waals surface area (Å²) in [4.78, 5) is 12.1. The van der Waals surface area contributed by atoms with Crippen LogP contribution in [0.25, 0.3) is 0 Å². The molecule has 0 saturated heterocycles. The van der Waals surface area contributed by atoms with E-state index in [1.807, 2.05) is 37.3 Å². The van der Waals surface area contributed by atoms with E-state index in [1.54, 1.807) is 0 Å². The van der Waals surface area contributed by atoms with Gasteiger partial charge in [0, 0.05) is 17.6 Å². The smallest absolute Gasteiger partial charge is 0.267 e. The van der Waals surface area contributed by atoms with Gasteiger partial charge < -0.3 is 10.6 Å². The van der Waals surface area contributed by atoms with Gasteiger partial charge in [-0.3, -0.25) is 4.79 Å². The lowest BCUT2D eigenvalue weighted by Gasteiger charge is -2.07. The third kappa shape index (κ3) is 4.91. The highest BCUT2D eigenvalue weighted by Gasteiger charge is 2.11. The Morgan fingerprint density at radius 2 is 1.80 bits per heavy atom. The number of aryl methyl sites for hydroxylation is 1. The number of benzene rings is 2. The predicted octanol–water partition coefficient (Wildman–Crippen LogP) is 2.10. The maximum absolute atomic E-state index is 12.1. The van der Waals surface area contributed by atoms with Crippen LogP contribution in [0.4, 0.5) is 11.4 Å². The molecule has 0 spiro atoms. The molecule has 0 bridgehead atoms. The Morgan fingerprint density at radius 3 is 2.36 bits per heavy atom. The van der Waals surface area contributed by atoms with Crippen molar-refractivity contribution in [3.05, 3.63) is 65.9 Å². The zero-order valence-electron chi connectivity index (χ0n) is 13.4. The van der Waals surface area contributed by atoms with Crippen molar-refractivity contribution in [2.24, 2.45) is 5.14 Å². The van der Waals surface area contributed by atoms with E-state index in [9.17, 15) is 13.2 Å². The van der Waals surface area contributed by atoms with Gasteiger partial charge in [0.25, 0.3) is 5.91 Å². The quantitative estimate of drug-likeness (QED) is 0.559. The van der Waals surface area contributed by atoms with Crippen LogP contribution in [-0.2, 0) is 14.8 Å². The van der Waals surface area contributed by atoms with Crippen LogP contribution in [0.3, 0.4) is 0 Å². The molecule has 0 saturated carbocycles. The normalized spacial score (nSPS) is 11.5.